The quantitative estimate of drug-likeness (QED) is 0.623. The molecule has 1 aromatic carbocycles. The van der Waals surface area contributed by atoms with Crippen molar-refractivity contribution in [1.29, 1.82) is 0 Å². The normalized spacial score (nSPS) is 24.8. The Morgan fingerprint density at radius 3 is 2.60 bits per heavy atom. The van der Waals surface area contributed by atoms with Crippen LogP contribution in [0.15, 0.2) is 36.5 Å². The number of benzene rings is 1. The molecule has 1 unspecified atom stereocenters. The minimum atomic E-state index is -0.681. The summed E-state index contributed by atoms with van der Waals surface area (Å²) < 4.78 is 18.7. The van der Waals surface area contributed by atoms with Crippen molar-refractivity contribution in [3.8, 4) is 5.75 Å². The second-order valence-electron chi connectivity index (χ2n) is 8.11. The van der Waals surface area contributed by atoms with Crippen molar-refractivity contribution in [2.75, 3.05) is 6.61 Å². The fraction of sp³-hybridized carbons (Fsp3) is 0.381. The van der Waals surface area contributed by atoms with Crippen molar-refractivity contribution in [1.82, 2.24) is 15.6 Å². The van der Waals surface area contributed by atoms with E-state index in [-0.39, 0.29) is 46.0 Å². The average molecular weight is 434 g/mol. The number of aliphatic hydroxyl groups excluding tert-OH is 1. The van der Waals surface area contributed by atoms with Gasteiger partial charge in [-0.2, -0.15) is 0 Å². The summed E-state index contributed by atoms with van der Waals surface area (Å²) in [4.78, 5) is 28.7. The van der Waals surface area contributed by atoms with Crippen LogP contribution in [0.3, 0.4) is 0 Å². The molecule has 3 fully saturated rings. The maximum atomic E-state index is 13.4. The topological polar surface area (TPSA) is 101 Å². The number of halogens is 2. The lowest BCUT2D eigenvalue weighted by molar-refractivity contribution is -0.141. The first-order chi connectivity index (χ1) is 14.2. The number of rotatable bonds is 7. The summed E-state index contributed by atoms with van der Waals surface area (Å²) >= 11 is 5.62. The standard InChI is InChI=1S/C21H21ClFN3O4/c1-12(27)13-4-5-24-17(6-13)19(29)26-21-9-20(10-21,11-21)25-18(28)8-30-14-2-3-15(22)16(23)7-14/h2-7,12,27H,8-11H2,1H3,(H,25,28)(H,26,29). The highest BCUT2D eigenvalue weighted by Gasteiger charge is 2.69. The van der Waals surface area contributed by atoms with Gasteiger partial charge in [-0.05, 0) is 56.0 Å². The van der Waals surface area contributed by atoms with Gasteiger partial charge in [0.25, 0.3) is 11.8 Å². The van der Waals surface area contributed by atoms with E-state index in [0.29, 0.717) is 24.8 Å². The third kappa shape index (κ3) is 3.97. The summed E-state index contributed by atoms with van der Waals surface area (Å²) in [5.41, 5.74) is 0.192. The Labute approximate surface area is 177 Å². The van der Waals surface area contributed by atoms with Crippen LogP contribution < -0.4 is 15.4 Å². The summed E-state index contributed by atoms with van der Waals surface area (Å²) in [5.74, 6) is -0.998. The molecule has 5 rings (SSSR count). The molecule has 158 valence electrons. The molecule has 2 bridgehead atoms. The summed E-state index contributed by atoms with van der Waals surface area (Å²) in [6, 6.07) is 7.21. The Bertz CT molecular complexity index is 994. The molecule has 3 aliphatic carbocycles. The monoisotopic (exact) mass is 433 g/mol. The highest BCUT2D eigenvalue weighted by atomic mass is 35.5. The van der Waals surface area contributed by atoms with Gasteiger partial charge < -0.3 is 20.5 Å². The zero-order valence-corrected chi connectivity index (χ0v) is 17.0. The summed E-state index contributed by atoms with van der Waals surface area (Å²) in [5, 5.41) is 15.6. The Hall–Kier alpha value is -2.71. The molecule has 2 amide bonds. The lowest BCUT2D eigenvalue weighted by atomic mass is 9.44. The Balaban J connectivity index is 1.25. The fourth-order valence-corrected chi connectivity index (χ4v) is 4.35. The molecule has 0 aliphatic heterocycles. The van der Waals surface area contributed by atoms with Crippen molar-refractivity contribution in [2.45, 2.75) is 43.4 Å². The average Bonchev–Trinajstić information content (AvgIpc) is 2.66. The van der Waals surface area contributed by atoms with Gasteiger partial charge in [0, 0.05) is 23.3 Å². The molecule has 1 heterocycles. The minimum Gasteiger partial charge on any atom is -0.484 e. The van der Waals surface area contributed by atoms with E-state index >= 15 is 0 Å². The highest BCUT2D eigenvalue weighted by molar-refractivity contribution is 6.30. The van der Waals surface area contributed by atoms with Gasteiger partial charge in [-0.15, -0.1) is 0 Å². The maximum absolute atomic E-state index is 13.4. The lowest BCUT2D eigenvalue weighted by Gasteiger charge is -2.70. The molecule has 3 N–H and O–H groups in total. The first-order valence-electron chi connectivity index (χ1n) is 9.55. The Kier molecular flexibility index (Phi) is 5.15. The summed E-state index contributed by atoms with van der Waals surface area (Å²) in [6.07, 6.45) is 2.70. The molecule has 3 aliphatic rings. The molecule has 7 nitrogen and oxygen atoms in total. The zero-order valence-electron chi connectivity index (χ0n) is 16.2. The number of carbonyl (C=O) groups is 2. The predicted molar refractivity (Wildman–Crippen MR) is 107 cm³/mol. The third-order valence-electron chi connectivity index (χ3n) is 5.57. The number of carbonyl (C=O) groups excluding carboxylic acids is 2. The Morgan fingerprint density at radius 1 is 1.23 bits per heavy atom. The van der Waals surface area contributed by atoms with Gasteiger partial charge in [0.05, 0.1) is 11.1 Å². The Morgan fingerprint density at radius 2 is 1.93 bits per heavy atom. The highest BCUT2D eigenvalue weighted by Crippen LogP contribution is 2.60. The molecule has 9 heteroatoms. The molecule has 1 aromatic heterocycles. The molecular weight excluding hydrogens is 413 g/mol. The van der Waals surface area contributed by atoms with Crippen LogP contribution in [0.4, 0.5) is 4.39 Å². The van der Waals surface area contributed by atoms with Gasteiger partial charge in [-0.1, -0.05) is 11.6 Å². The molecule has 2 aromatic rings. The number of ether oxygens (including phenoxy) is 1. The largest absolute Gasteiger partial charge is 0.484 e. The van der Waals surface area contributed by atoms with Crippen LogP contribution in [0.25, 0.3) is 0 Å². The van der Waals surface area contributed by atoms with Gasteiger partial charge >= 0.3 is 0 Å². The van der Waals surface area contributed by atoms with E-state index in [4.69, 9.17) is 16.3 Å². The number of pyridine rings is 1. The second kappa shape index (κ2) is 7.52. The third-order valence-corrected chi connectivity index (χ3v) is 5.88. The number of nitrogens with zero attached hydrogens (tertiary/aromatic N) is 1. The molecule has 0 saturated heterocycles. The van der Waals surface area contributed by atoms with Crippen molar-refractivity contribution in [3.05, 3.63) is 58.6 Å². The van der Waals surface area contributed by atoms with Crippen molar-refractivity contribution in [2.24, 2.45) is 0 Å². The maximum Gasteiger partial charge on any atom is 0.270 e. The van der Waals surface area contributed by atoms with Crippen molar-refractivity contribution < 1.29 is 23.8 Å². The van der Waals surface area contributed by atoms with Crippen LogP contribution in [0, 0.1) is 5.82 Å². The second-order valence-corrected chi connectivity index (χ2v) is 8.52. The predicted octanol–water partition coefficient (Wildman–Crippen LogP) is 2.53. The van der Waals surface area contributed by atoms with Crippen LogP contribution in [-0.4, -0.2) is 39.6 Å². The molecule has 0 radical (unpaired) electrons. The summed E-state index contributed by atoms with van der Waals surface area (Å²) in [6.45, 7) is 1.38. The lowest BCUT2D eigenvalue weighted by Crippen LogP contribution is -2.84. The van der Waals surface area contributed by atoms with Crippen LogP contribution in [0.2, 0.25) is 5.02 Å². The SMILES string of the molecule is CC(O)c1ccnc(C(=O)NC23CC(NC(=O)COc4ccc(Cl)c(F)c4)(C2)C3)c1. The fourth-order valence-electron chi connectivity index (χ4n) is 4.24. The number of hydrogen-bond donors (Lipinski definition) is 3. The van der Waals surface area contributed by atoms with Crippen LogP contribution in [0.5, 0.6) is 5.75 Å². The van der Waals surface area contributed by atoms with Crippen LogP contribution in [0.1, 0.15) is 48.3 Å². The van der Waals surface area contributed by atoms with Gasteiger partial charge in [0.1, 0.15) is 17.3 Å². The molecule has 3 saturated carbocycles. The number of aromatic nitrogens is 1. The molecule has 30 heavy (non-hydrogen) atoms. The smallest absolute Gasteiger partial charge is 0.270 e. The van der Waals surface area contributed by atoms with E-state index in [2.05, 4.69) is 15.6 Å². The van der Waals surface area contributed by atoms with Crippen LogP contribution in [-0.2, 0) is 4.79 Å². The van der Waals surface area contributed by atoms with Crippen molar-refractivity contribution in [3.63, 3.8) is 0 Å². The zero-order chi connectivity index (χ0) is 21.5. The minimum absolute atomic E-state index is 0.0131. The molecule has 1 atom stereocenters. The molecule has 0 spiro atoms. The van der Waals surface area contributed by atoms with Gasteiger partial charge in [-0.25, -0.2) is 4.39 Å². The van der Waals surface area contributed by atoms with Crippen molar-refractivity contribution >= 4 is 23.4 Å². The van der Waals surface area contributed by atoms with E-state index < -0.39 is 11.9 Å². The van der Waals surface area contributed by atoms with Gasteiger partial charge in [-0.3, -0.25) is 14.6 Å². The van der Waals surface area contributed by atoms with E-state index in [9.17, 15) is 19.1 Å². The first kappa shape index (κ1) is 20.6. The number of hydrogen-bond acceptors (Lipinski definition) is 5. The van der Waals surface area contributed by atoms with Gasteiger partial charge in [0.15, 0.2) is 6.61 Å². The number of aliphatic hydroxyl groups is 1. The molecular formula is C21H21ClFN3O4. The van der Waals surface area contributed by atoms with Gasteiger partial charge in [0.2, 0.25) is 0 Å². The van der Waals surface area contributed by atoms with E-state index in [1.165, 1.54) is 18.3 Å². The van der Waals surface area contributed by atoms with E-state index in [0.717, 1.165) is 6.07 Å². The van der Waals surface area contributed by atoms with Crippen LogP contribution >= 0.6 is 11.6 Å². The van der Waals surface area contributed by atoms with E-state index in [1.54, 1.807) is 19.1 Å². The summed E-state index contributed by atoms with van der Waals surface area (Å²) in [7, 11) is 0. The van der Waals surface area contributed by atoms with E-state index in [1.807, 2.05) is 0 Å². The number of nitrogens with one attached hydrogen (secondary N) is 2. The first-order valence-corrected chi connectivity index (χ1v) is 9.93. The number of amides is 2.